The summed E-state index contributed by atoms with van der Waals surface area (Å²) in [5, 5.41) is 9.85. The first-order chi connectivity index (χ1) is 5.18. The average Bonchev–Trinajstić information content (AvgIpc) is 2.21. The molecule has 0 saturated carbocycles. The zero-order valence-corrected chi connectivity index (χ0v) is 6.57. The molecule has 2 bridgehead atoms. The van der Waals surface area contributed by atoms with Crippen molar-refractivity contribution >= 4 is 0 Å². The molecule has 3 rings (SSSR count). The molecule has 1 heteroatoms. The smallest absolute Gasteiger partial charge is 0.0896 e. The molecule has 0 aromatic heterocycles. The van der Waals surface area contributed by atoms with Gasteiger partial charge >= 0.3 is 0 Å². The van der Waals surface area contributed by atoms with E-state index in [4.69, 9.17) is 0 Å². The third-order valence-electron chi connectivity index (χ3n) is 2.41. The van der Waals surface area contributed by atoms with Gasteiger partial charge in [0, 0.05) is 11.8 Å². The largest absolute Gasteiger partial charge is 0.385 e. The minimum Gasteiger partial charge on any atom is -0.385 e. The Morgan fingerprint density at radius 1 is 1.09 bits per heavy atom. The van der Waals surface area contributed by atoms with E-state index < -0.39 is 5.60 Å². The van der Waals surface area contributed by atoms with Gasteiger partial charge in [-0.25, -0.2) is 0 Å². The lowest BCUT2D eigenvalue weighted by Crippen LogP contribution is -2.28. The number of allylic oxidation sites excluding steroid dienone is 3. The average molecular weight is 148 g/mol. The summed E-state index contributed by atoms with van der Waals surface area (Å²) < 4.78 is 0. The van der Waals surface area contributed by atoms with E-state index in [1.165, 1.54) is 0 Å². The predicted molar refractivity (Wildman–Crippen MR) is 45.0 cm³/mol. The maximum Gasteiger partial charge on any atom is 0.0896 e. The van der Waals surface area contributed by atoms with Crippen LogP contribution < -0.4 is 0 Å². The first-order valence-corrected chi connectivity index (χ1v) is 3.97. The van der Waals surface area contributed by atoms with Crippen molar-refractivity contribution in [2.45, 2.75) is 12.5 Å². The lowest BCUT2D eigenvalue weighted by molar-refractivity contribution is 0.0858. The van der Waals surface area contributed by atoms with Gasteiger partial charge in [-0.1, -0.05) is 36.5 Å². The second kappa shape index (κ2) is 2.08. The van der Waals surface area contributed by atoms with Crippen LogP contribution in [0.2, 0.25) is 0 Å². The summed E-state index contributed by atoms with van der Waals surface area (Å²) >= 11 is 0. The Balaban J connectivity index is 2.43. The maximum atomic E-state index is 9.85. The Morgan fingerprint density at radius 2 is 1.73 bits per heavy atom. The molecule has 1 unspecified atom stereocenters. The van der Waals surface area contributed by atoms with E-state index in [2.05, 4.69) is 24.3 Å². The van der Waals surface area contributed by atoms with E-state index in [9.17, 15) is 5.11 Å². The van der Waals surface area contributed by atoms with Crippen LogP contribution in [0.25, 0.3) is 0 Å². The molecule has 1 atom stereocenters. The summed E-state index contributed by atoms with van der Waals surface area (Å²) in [5.74, 6) is 0.567. The minimum absolute atomic E-state index is 0.164. The molecule has 0 aromatic carbocycles. The summed E-state index contributed by atoms with van der Waals surface area (Å²) in [6.45, 7) is 1.84. The zero-order valence-electron chi connectivity index (χ0n) is 6.57. The van der Waals surface area contributed by atoms with Crippen molar-refractivity contribution in [3.05, 3.63) is 36.5 Å². The van der Waals surface area contributed by atoms with Crippen molar-refractivity contribution in [3.63, 3.8) is 0 Å². The molecule has 3 aliphatic rings. The fraction of sp³-hybridized carbons (Fsp3) is 0.400. The van der Waals surface area contributed by atoms with Gasteiger partial charge in [-0.3, -0.25) is 0 Å². The van der Waals surface area contributed by atoms with Crippen LogP contribution in [-0.4, -0.2) is 10.7 Å². The number of rotatable bonds is 0. The molecule has 0 heterocycles. The van der Waals surface area contributed by atoms with Crippen LogP contribution >= 0.6 is 0 Å². The standard InChI is InChI=1S/C10H12O/c1-10(11)7-6-8-2-4-9(10)5-3-8/h2-9,11H,1H3. The molecule has 0 saturated heterocycles. The molecule has 0 fully saturated rings. The van der Waals surface area contributed by atoms with Crippen LogP contribution in [0.1, 0.15) is 6.92 Å². The predicted octanol–water partition coefficient (Wildman–Crippen LogP) is 1.67. The van der Waals surface area contributed by atoms with Crippen molar-refractivity contribution in [3.8, 4) is 0 Å². The highest BCUT2D eigenvalue weighted by atomic mass is 16.3. The molecule has 0 spiro atoms. The van der Waals surface area contributed by atoms with Gasteiger partial charge in [0.2, 0.25) is 0 Å². The highest BCUT2D eigenvalue weighted by Gasteiger charge is 2.29. The Labute approximate surface area is 66.7 Å². The molecule has 0 radical (unpaired) electrons. The monoisotopic (exact) mass is 148 g/mol. The van der Waals surface area contributed by atoms with Crippen molar-refractivity contribution in [1.82, 2.24) is 0 Å². The molecule has 0 amide bonds. The quantitative estimate of drug-likeness (QED) is 0.518. The summed E-state index contributed by atoms with van der Waals surface area (Å²) in [5.41, 5.74) is -0.682. The van der Waals surface area contributed by atoms with Crippen LogP contribution in [0.5, 0.6) is 0 Å². The Bertz CT molecular complexity index is 232. The SMILES string of the molecule is CC1(O)C=CC2C=CC1C=C2. The van der Waals surface area contributed by atoms with E-state index in [-0.39, 0.29) is 5.92 Å². The van der Waals surface area contributed by atoms with E-state index in [1.54, 1.807) is 0 Å². The molecule has 11 heavy (non-hydrogen) atoms. The normalized spacial score (nSPS) is 46.4. The third-order valence-corrected chi connectivity index (χ3v) is 2.41. The lowest BCUT2D eigenvalue weighted by Gasteiger charge is -2.24. The zero-order chi connectivity index (χ0) is 7.90. The topological polar surface area (TPSA) is 20.2 Å². The Kier molecular flexibility index (Phi) is 1.30. The molecule has 0 aromatic rings. The van der Waals surface area contributed by atoms with E-state index in [0.29, 0.717) is 5.92 Å². The molecule has 3 aliphatic carbocycles. The lowest BCUT2D eigenvalue weighted by atomic mass is 9.88. The molecule has 1 nitrogen and oxygen atoms in total. The van der Waals surface area contributed by atoms with Gasteiger partial charge < -0.3 is 5.11 Å². The van der Waals surface area contributed by atoms with Crippen molar-refractivity contribution in [2.75, 3.05) is 0 Å². The third kappa shape index (κ3) is 1.05. The van der Waals surface area contributed by atoms with E-state index >= 15 is 0 Å². The Hall–Kier alpha value is -0.820. The van der Waals surface area contributed by atoms with E-state index in [1.807, 2.05) is 19.1 Å². The van der Waals surface area contributed by atoms with Crippen LogP contribution in [-0.2, 0) is 0 Å². The van der Waals surface area contributed by atoms with Gasteiger partial charge in [0.25, 0.3) is 0 Å². The van der Waals surface area contributed by atoms with Crippen LogP contribution in [0.3, 0.4) is 0 Å². The summed E-state index contributed by atoms with van der Waals surface area (Å²) in [4.78, 5) is 0. The maximum absolute atomic E-state index is 9.85. The number of aliphatic hydroxyl groups is 1. The number of fused-ring (bicyclic) bond motifs is 1. The highest BCUT2D eigenvalue weighted by molar-refractivity contribution is 5.29. The van der Waals surface area contributed by atoms with Crippen molar-refractivity contribution in [2.24, 2.45) is 11.8 Å². The fourth-order valence-corrected chi connectivity index (χ4v) is 1.56. The summed E-state index contributed by atoms with van der Waals surface area (Å²) in [6.07, 6.45) is 12.3. The highest BCUT2D eigenvalue weighted by Crippen LogP contribution is 2.30. The van der Waals surface area contributed by atoms with Crippen molar-refractivity contribution < 1.29 is 5.11 Å². The van der Waals surface area contributed by atoms with Gasteiger partial charge in [-0.2, -0.15) is 0 Å². The molecule has 1 N–H and O–H groups in total. The molecular formula is C10H12O. The fourth-order valence-electron chi connectivity index (χ4n) is 1.56. The first-order valence-electron chi connectivity index (χ1n) is 3.97. The van der Waals surface area contributed by atoms with Gasteiger partial charge in [0.05, 0.1) is 5.60 Å². The summed E-state index contributed by atoms with van der Waals surface area (Å²) in [7, 11) is 0. The first kappa shape index (κ1) is 6.86. The van der Waals surface area contributed by atoms with Crippen LogP contribution in [0.4, 0.5) is 0 Å². The molecule has 58 valence electrons. The van der Waals surface area contributed by atoms with Crippen LogP contribution in [0, 0.1) is 11.8 Å². The van der Waals surface area contributed by atoms with Gasteiger partial charge in [-0.15, -0.1) is 0 Å². The number of hydrogen-bond acceptors (Lipinski definition) is 1. The van der Waals surface area contributed by atoms with Gasteiger partial charge in [0.1, 0.15) is 0 Å². The second-order valence-corrected chi connectivity index (χ2v) is 3.46. The summed E-state index contributed by atoms with van der Waals surface area (Å²) in [6, 6.07) is 0. The van der Waals surface area contributed by atoms with Gasteiger partial charge in [0.15, 0.2) is 0 Å². The van der Waals surface area contributed by atoms with Gasteiger partial charge in [-0.05, 0) is 6.92 Å². The van der Waals surface area contributed by atoms with Crippen molar-refractivity contribution in [1.29, 1.82) is 0 Å². The Morgan fingerprint density at radius 3 is 2.36 bits per heavy atom. The molecule has 0 aliphatic heterocycles. The van der Waals surface area contributed by atoms with E-state index in [0.717, 1.165) is 0 Å². The minimum atomic E-state index is -0.682. The number of hydrogen-bond donors (Lipinski definition) is 1. The van der Waals surface area contributed by atoms with Crippen LogP contribution in [0.15, 0.2) is 36.5 Å². The molecular weight excluding hydrogens is 136 g/mol. The second-order valence-electron chi connectivity index (χ2n) is 3.46.